The van der Waals surface area contributed by atoms with E-state index in [-0.39, 0.29) is 11.8 Å². The topological polar surface area (TPSA) is 76.0 Å². The van der Waals surface area contributed by atoms with Crippen LogP contribution in [0, 0.1) is 13.8 Å². The summed E-state index contributed by atoms with van der Waals surface area (Å²) in [6.07, 6.45) is 0.906. The molecule has 2 N–H and O–H groups in total. The molecule has 7 heteroatoms. The van der Waals surface area contributed by atoms with Gasteiger partial charge in [0.05, 0.1) is 16.9 Å². The van der Waals surface area contributed by atoms with Gasteiger partial charge in [-0.25, -0.2) is 0 Å². The minimum absolute atomic E-state index is 0.162. The van der Waals surface area contributed by atoms with E-state index in [1.807, 2.05) is 25.6 Å². The van der Waals surface area contributed by atoms with Crippen molar-refractivity contribution in [3.8, 4) is 0 Å². The average molecular weight is 349 g/mol. The number of benzene rings is 1. The standard InChI is InChI=1S/C17H21ClN4O2/c1-10-13(11(2)22(4)21-10)6-8-16(23)20-15-7-5-12(18)9-14(15)17(24)19-3/h5,7,9H,6,8H2,1-4H3,(H,19,24)(H,20,23). The number of aromatic nitrogens is 2. The van der Waals surface area contributed by atoms with E-state index in [9.17, 15) is 9.59 Å². The summed E-state index contributed by atoms with van der Waals surface area (Å²) in [5, 5.41) is 10.1. The van der Waals surface area contributed by atoms with Crippen molar-refractivity contribution in [3.63, 3.8) is 0 Å². The van der Waals surface area contributed by atoms with Crippen LogP contribution in [0.15, 0.2) is 18.2 Å². The molecule has 0 bridgehead atoms. The number of hydrogen-bond donors (Lipinski definition) is 2. The first-order valence-corrected chi connectivity index (χ1v) is 8.01. The summed E-state index contributed by atoms with van der Waals surface area (Å²) in [6, 6.07) is 4.80. The van der Waals surface area contributed by atoms with Gasteiger partial charge in [0.25, 0.3) is 5.91 Å². The number of halogens is 1. The second-order valence-electron chi connectivity index (χ2n) is 5.59. The van der Waals surface area contributed by atoms with Gasteiger partial charge in [0, 0.05) is 31.2 Å². The number of hydrogen-bond acceptors (Lipinski definition) is 3. The van der Waals surface area contributed by atoms with Crippen molar-refractivity contribution < 1.29 is 9.59 Å². The number of amides is 2. The number of anilines is 1. The molecule has 0 saturated carbocycles. The predicted octanol–water partition coefficient (Wildman–Crippen LogP) is 2.62. The van der Waals surface area contributed by atoms with Crippen molar-refractivity contribution in [1.29, 1.82) is 0 Å². The molecule has 0 radical (unpaired) electrons. The number of carbonyl (C=O) groups excluding carboxylic acids is 2. The first-order valence-electron chi connectivity index (χ1n) is 7.64. The smallest absolute Gasteiger partial charge is 0.253 e. The van der Waals surface area contributed by atoms with Crippen molar-refractivity contribution in [2.24, 2.45) is 7.05 Å². The van der Waals surface area contributed by atoms with E-state index in [1.165, 1.54) is 13.1 Å². The van der Waals surface area contributed by atoms with Crippen LogP contribution in [-0.2, 0) is 18.3 Å². The molecule has 0 aliphatic heterocycles. The van der Waals surface area contributed by atoms with Gasteiger partial charge in [-0.3, -0.25) is 14.3 Å². The third kappa shape index (κ3) is 3.94. The lowest BCUT2D eigenvalue weighted by Gasteiger charge is -2.11. The van der Waals surface area contributed by atoms with Crippen LogP contribution in [0.5, 0.6) is 0 Å². The van der Waals surface area contributed by atoms with E-state index in [0.717, 1.165) is 17.0 Å². The molecule has 24 heavy (non-hydrogen) atoms. The fourth-order valence-corrected chi connectivity index (χ4v) is 2.75. The lowest BCUT2D eigenvalue weighted by Crippen LogP contribution is -2.21. The number of rotatable bonds is 5. The van der Waals surface area contributed by atoms with Crippen molar-refractivity contribution >= 4 is 29.1 Å². The van der Waals surface area contributed by atoms with Crippen molar-refractivity contribution in [2.75, 3.05) is 12.4 Å². The normalized spacial score (nSPS) is 10.5. The molecule has 0 aliphatic rings. The zero-order valence-corrected chi connectivity index (χ0v) is 15.0. The first kappa shape index (κ1) is 18.0. The van der Waals surface area contributed by atoms with Gasteiger partial charge < -0.3 is 10.6 Å². The average Bonchev–Trinajstić information content (AvgIpc) is 2.79. The highest BCUT2D eigenvalue weighted by atomic mass is 35.5. The Bertz CT molecular complexity index is 783. The Labute approximate surface area is 146 Å². The third-order valence-corrected chi connectivity index (χ3v) is 4.22. The summed E-state index contributed by atoms with van der Waals surface area (Å²) in [7, 11) is 3.41. The van der Waals surface area contributed by atoms with Gasteiger partial charge >= 0.3 is 0 Å². The van der Waals surface area contributed by atoms with Crippen molar-refractivity contribution in [1.82, 2.24) is 15.1 Å². The zero-order valence-electron chi connectivity index (χ0n) is 14.2. The Kier molecular flexibility index (Phi) is 5.62. The van der Waals surface area contributed by atoms with E-state index in [2.05, 4.69) is 15.7 Å². The van der Waals surface area contributed by atoms with Crippen LogP contribution >= 0.6 is 11.6 Å². The van der Waals surface area contributed by atoms with E-state index >= 15 is 0 Å². The Balaban J connectivity index is 2.09. The Morgan fingerprint density at radius 1 is 1.29 bits per heavy atom. The van der Waals surface area contributed by atoms with Crippen LogP contribution in [0.3, 0.4) is 0 Å². The van der Waals surface area contributed by atoms with Gasteiger partial charge in [0.15, 0.2) is 0 Å². The van der Waals surface area contributed by atoms with Crippen LogP contribution < -0.4 is 10.6 Å². The second-order valence-corrected chi connectivity index (χ2v) is 6.03. The molecule has 0 fully saturated rings. The molecule has 0 aliphatic carbocycles. The molecule has 0 saturated heterocycles. The summed E-state index contributed by atoms with van der Waals surface area (Å²) in [5.74, 6) is -0.461. The van der Waals surface area contributed by atoms with Crippen LogP contribution in [-0.4, -0.2) is 28.6 Å². The molecular formula is C17H21ClN4O2. The maximum Gasteiger partial charge on any atom is 0.253 e. The monoisotopic (exact) mass is 348 g/mol. The summed E-state index contributed by atoms with van der Waals surface area (Å²) in [5.41, 5.74) is 3.85. The number of nitrogens with one attached hydrogen (secondary N) is 2. The number of aryl methyl sites for hydroxylation is 2. The molecule has 0 atom stereocenters. The highest BCUT2D eigenvalue weighted by Gasteiger charge is 2.15. The molecule has 6 nitrogen and oxygen atoms in total. The molecule has 1 heterocycles. The fourth-order valence-electron chi connectivity index (χ4n) is 2.58. The molecule has 128 valence electrons. The second kappa shape index (κ2) is 7.49. The summed E-state index contributed by atoms with van der Waals surface area (Å²) >= 11 is 5.93. The molecule has 0 unspecified atom stereocenters. The lowest BCUT2D eigenvalue weighted by molar-refractivity contribution is -0.116. The van der Waals surface area contributed by atoms with Gasteiger partial charge in [-0.05, 0) is 44.0 Å². The van der Waals surface area contributed by atoms with E-state index in [0.29, 0.717) is 29.1 Å². The first-order chi connectivity index (χ1) is 11.3. The summed E-state index contributed by atoms with van der Waals surface area (Å²) in [6.45, 7) is 3.92. The Hall–Kier alpha value is -2.34. The predicted molar refractivity (Wildman–Crippen MR) is 94.5 cm³/mol. The maximum absolute atomic E-state index is 12.3. The number of nitrogens with zero attached hydrogens (tertiary/aromatic N) is 2. The molecule has 2 amide bonds. The van der Waals surface area contributed by atoms with E-state index in [4.69, 9.17) is 11.6 Å². The van der Waals surface area contributed by atoms with E-state index < -0.39 is 0 Å². The molecule has 2 rings (SSSR count). The molecular weight excluding hydrogens is 328 g/mol. The van der Waals surface area contributed by atoms with Crippen molar-refractivity contribution in [2.45, 2.75) is 26.7 Å². The summed E-state index contributed by atoms with van der Waals surface area (Å²) < 4.78 is 1.81. The van der Waals surface area contributed by atoms with Crippen LogP contribution in [0.4, 0.5) is 5.69 Å². The minimum atomic E-state index is -0.299. The van der Waals surface area contributed by atoms with Gasteiger partial charge in [-0.2, -0.15) is 5.10 Å². The van der Waals surface area contributed by atoms with Crippen LogP contribution in [0.25, 0.3) is 0 Å². The zero-order chi connectivity index (χ0) is 17.9. The quantitative estimate of drug-likeness (QED) is 0.872. The molecule has 1 aromatic heterocycles. The fraction of sp³-hybridized carbons (Fsp3) is 0.353. The maximum atomic E-state index is 12.3. The highest BCUT2D eigenvalue weighted by molar-refractivity contribution is 6.31. The molecule has 2 aromatic rings. The highest BCUT2D eigenvalue weighted by Crippen LogP contribution is 2.21. The van der Waals surface area contributed by atoms with Crippen LogP contribution in [0.2, 0.25) is 5.02 Å². The number of carbonyl (C=O) groups is 2. The third-order valence-electron chi connectivity index (χ3n) is 3.99. The van der Waals surface area contributed by atoms with Gasteiger partial charge in [0.2, 0.25) is 5.91 Å². The lowest BCUT2D eigenvalue weighted by atomic mass is 10.1. The molecule has 1 aromatic carbocycles. The summed E-state index contributed by atoms with van der Waals surface area (Å²) in [4.78, 5) is 24.2. The van der Waals surface area contributed by atoms with Gasteiger partial charge in [0.1, 0.15) is 0 Å². The van der Waals surface area contributed by atoms with Crippen LogP contribution in [0.1, 0.15) is 33.7 Å². The van der Waals surface area contributed by atoms with E-state index in [1.54, 1.807) is 12.1 Å². The van der Waals surface area contributed by atoms with Crippen molar-refractivity contribution in [3.05, 3.63) is 45.7 Å². The van der Waals surface area contributed by atoms with Gasteiger partial charge in [-0.1, -0.05) is 11.6 Å². The minimum Gasteiger partial charge on any atom is -0.355 e. The SMILES string of the molecule is CNC(=O)c1cc(Cl)ccc1NC(=O)CCc1c(C)nn(C)c1C. The Morgan fingerprint density at radius 2 is 2.00 bits per heavy atom. The van der Waals surface area contributed by atoms with Gasteiger partial charge in [-0.15, -0.1) is 0 Å². The largest absolute Gasteiger partial charge is 0.355 e. The Morgan fingerprint density at radius 3 is 2.58 bits per heavy atom. The molecule has 0 spiro atoms.